The van der Waals surface area contributed by atoms with Crippen LogP contribution in [-0.2, 0) is 12.6 Å². The third-order valence-corrected chi connectivity index (χ3v) is 7.41. The van der Waals surface area contributed by atoms with Crippen LogP contribution in [0.2, 0.25) is 0 Å². The molecular formula is C22H29F3N6O. The summed E-state index contributed by atoms with van der Waals surface area (Å²) in [4.78, 5) is 24.6. The molecule has 0 unspecified atom stereocenters. The van der Waals surface area contributed by atoms with Crippen molar-refractivity contribution < 1.29 is 19.4 Å². The first-order chi connectivity index (χ1) is 15.3. The lowest BCUT2D eigenvalue weighted by Crippen LogP contribution is -2.62. The number of pyridine rings is 1. The van der Waals surface area contributed by atoms with Crippen LogP contribution in [0.25, 0.3) is 0 Å². The Morgan fingerprint density at radius 3 is 2.56 bits per heavy atom. The first kappa shape index (κ1) is 21.2. The van der Waals surface area contributed by atoms with Crippen LogP contribution in [0.3, 0.4) is 0 Å². The van der Waals surface area contributed by atoms with Crippen LogP contribution in [-0.4, -0.2) is 62.2 Å². The Bertz CT molecular complexity index is 936. The quantitative estimate of drug-likeness (QED) is 0.764. The predicted molar refractivity (Wildman–Crippen MR) is 112 cm³/mol. The Morgan fingerprint density at radius 1 is 1.16 bits per heavy atom. The number of likely N-dealkylation sites (tertiary alicyclic amines) is 2. The molecule has 1 spiro atoms. The molecule has 3 fully saturated rings. The molecule has 3 aliphatic rings. The number of aromatic nitrogens is 4. The highest BCUT2D eigenvalue weighted by atomic mass is 19.4. The highest BCUT2D eigenvalue weighted by Gasteiger charge is 2.48. The summed E-state index contributed by atoms with van der Waals surface area (Å²) in [5.74, 6) is 1.54. The highest BCUT2D eigenvalue weighted by Crippen LogP contribution is 2.46. The number of nitrogens with one attached hydrogen (secondary N) is 1. The van der Waals surface area contributed by atoms with Gasteiger partial charge in [0.2, 0.25) is 0 Å². The second-order valence-electron chi connectivity index (χ2n) is 9.64. The zero-order valence-electron chi connectivity index (χ0n) is 17.8. The van der Waals surface area contributed by atoms with E-state index in [-0.39, 0.29) is 18.8 Å². The van der Waals surface area contributed by atoms with Crippen LogP contribution >= 0.6 is 0 Å². The third-order valence-electron chi connectivity index (χ3n) is 7.41. The summed E-state index contributed by atoms with van der Waals surface area (Å²) in [7, 11) is 0. The SMILES string of the molecule is O=C(N1CC[C@H](c2ncn[nH]2)C1)N1CC2(CCC(Cc3ccc(C(F)(F)F)nc3)CC2)C1.[HH]. The van der Waals surface area contributed by atoms with Gasteiger partial charge in [0.25, 0.3) is 0 Å². The van der Waals surface area contributed by atoms with Gasteiger partial charge < -0.3 is 9.80 Å². The van der Waals surface area contributed by atoms with E-state index >= 15 is 0 Å². The van der Waals surface area contributed by atoms with Crippen molar-refractivity contribution in [2.45, 2.75) is 50.6 Å². The van der Waals surface area contributed by atoms with Crippen LogP contribution in [0.5, 0.6) is 0 Å². The number of nitrogens with zero attached hydrogens (tertiary/aromatic N) is 5. The molecule has 0 radical (unpaired) electrons. The summed E-state index contributed by atoms with van der Waals surface area (Å²) in [6, 6.07) is 2.74. The number of hydrogen-bond donors (Lipinski definition) is 1. The van der Waals surface area contributed by atoms with Crippen molar-refractivity contribution in [1.82, 2.24) is 30.0 Å². The molecule has 7 nitrogen and oxygen atoms in total. The summed E-state index contributed by atoms with van der Waals surface area (Å²) in [6.45, 7) is 3.05. The Kier molecular flexibility index (Phi) is 5.33. The first-order valence-electron chi connectivity index (χ1n) is 11.2. The number of halogens is 3. The Hall–Kier alpha value is -2.65. The topological polar surface area (TPSA) is 78.0 Å². The molecule has 2 amide bonds. The molecule has 0 aromatic carbocycles. The maximum atomic E-state index is 12.9. The lowest BCUT2D eigenvalue weighted by atomic mass is 9.65. The second kappa shape index (κ2) is 8.04. The number of amides is 2. The van der Waals surface area contributed by atoms with Crippen molar-refractivity contribution in [2.24, 2.45) is 11.3 Å². The van der Waals surface area contributed by atoms with E-state index in [1.54, 1.807) is 6.07 Å². The molecule has 0 bridgehead atoms. The smallest absolute Gasteiger partial charge is 0.324 e. The maximum absolute atomic E-state index is 12.9. The van der Waals surface area contributed by atoms with Crippen LogP contribution < -0.4 is 0 Å². The zero-order valence-corrected chi connectivity index (χ0v) is 17.8. The van der Waals surface area contributed by atoms with E-state index < -0.39 is 11.9 Å². The van der Waals surface area contributed by atoms with Crippen LogP contribution in [0.15, 0.2) is 24.7 Å². The van der Waals surface area contributed by atoms with Gasteiger partial charge in [-0.2, -0.15) is 18.3 Å². The average Bonchev–Trinajstić information content (AvgIpc) is 3.44. The largest absolute Gasteiger partial charge is 0.433 e. The molecule has 2 aromatic heterocycles. The molecule has 1 atom stereocenters. The number of carbonyl (C=O) groups is 1. The molecule has 174 valence electrons. The summed E-state index contributed by atoms with van der Waals surface area (Å²) in [5.41, 5.74) is 0.238. The summed E-state index contributed by atoms with van der Waals surface area (Å²) >= 11 is 0. The summed E-state index contributed by atoms with van der Waals surface area (Å²) < 4.78 is 38.0. The van der Waals surface area contributed by atoms with E-state index in [9.17, 15) is 18.0 Å². The number of rotatable bonds is 3. The fourth-order valence-electron chi connectivity index (χ4n) is 5.52. The van der Waals surface area contributed by atoms with E-state index in [4.69, 9.17) is 0 Å². The number of H-pyrrole nitrogens is 1. The summed E-state index contributed by atoms with van der Waals surface area (Å²) in [5, 5.41) is 6.81. The van der Waals surface area contributed by atoms with Gasteiger partial charge in [-0.3, -0.25) is 10.1 Å². The normalized spacial score (nSPS) is 23.5. The lowest BCUT2D eigenvalue weighted by molar-refractivity contribution is -0.141. The van der Waals surface area contributed by atoms with Gasteiger partial charge in [0, 0.05) is 45.1 Å². The van der Waals surface area contributed by atoms with E-state index in [1.807, 2.05) is 9.80 Å². The molecule has 5 rings (SSSR count). The van der Waals surface area contributed by atoms with Gasteiger partial charge in [0.05, 0.1) is 0 Å². The van der Waals surface area contributed by atoms with Crippen molar-refractivity contribution in [3.8, 4) is 0 Å². The van der Waals surface area contributed by atoms with E-state index in [0.29, 0.717) is 12.5 Å². The molecule has 2 aliphatic heterocycles. The zero-order chi connectivity index (χ0) is 22.3. The Labute approximate surface area is 185 Å². The van der Waals surface area contributed by atoms with Crippen molar-refractivity contribution in [3.05, 3.63) is 41.7 Å². The number of carbonyl (C=O) groups excluding carboxylic acids is 1. The van der Waals surface area contributed by atoms with Crippen LogP contribution in [0.4, 0.5) is 18.0 Å². The van der Waals surface area contributed by atoms with Crippen molar-refractivity contribution >= 4 is 6.03 Å². The molecule has 2 saturated heterocycles. The van der Waals surface area contributed by atoms with Crippen LogP contribution in [0, 0.1) is 11.3 Å². The molecule has 1 N–H and O–H groups in total. The van der Waals surface area contributed by atoms with Gasteiger partial charge in [-0.25, -0.2) is 9.78 Å². The first-order valence-corrected chi connectivity index (χ1v) is 11.2. The fraction of sp³-hybridized carbons (Fsp3) is 0.636. The number of aromatic amines is 1. The highest BCUT2D eigenvalue weighted by molar-refractivity contribution is 5.76. The monoisotopic (exact) mass is 450 g/mol. The molecule has 1 aliphatic carbocycles. The molecule has 32 heavy (non-hydrogen) atoms. The van der Waals surface area contributed by atoms with Gasteiger partial charge in [-0.15, -0.1) is 0 Å². The molecule has 4 heterocycles. The minimum atomic E-state index is -4.39. The standard InChI is InChI=1S/C22H27F3N6O.H2/c23-22(24,25)18-2-1-16(10-26-18)9-15-3-6-21(7-4-15)12-31(13-21)20(32)30-8-5-17(11-30)19-27-14-28-29-19;/h1-2,10,14-15,17H,3-9,11-13H2,(H,27,28,29);1H/t17-;/m0./s1. The van der Waals surface area contributed by atoms with E-state index in [0.717, 1.165) is 75.6 Å². The van der Waals surface area contributed by atoms with Gasteiger partial charge in [-0.05, 0) is 56.1 Å². The maximum Gasteiger partial charge on any atom is 0.433 e. The van der Waals surface area contributed by atoms with Gasteiger partial charge in [0.1, 0.15) is 17.8 Å². The molecule has 2 aromatic rings. The Balaban J connectivity index is 0.00000259. The van der Waals surface area contributed by atoms with Gasteiger partial charge >= 0.3 is 12.2 Å². The number of urea groups is 1. The third kappa shape index (κ3) is 4.19. The van der Waals surface area contributed by atoms with E-state index in [1.165, 1.54) is 12.5 Å². The lowest BCUT2D eigenvalue weighted by Gasteiger charge is -2.54. The molecule has 10 heteroatoms. The van der Waals surface area contributed by atoms with Crippen LogP contribution in [0.1, 0.15) is 56.5 Å². The number of hydrogen-bond acceptors (Lipinski definition) is 4. The van der Waals surface area contributed by atoms with E-state index in [2.05, 4.69) is 20.2 Å². The van der Waals surface area contributed by atoms with Gasteiger partial charge in [0.15, 0.2) is 0 Å². The van der Waals surface area contributed by atoms with Crippen molar-refractivity contribution in [2.75, 3.05) is 26.2 Å². The minimum absolute atomic E-state index is 0. The number of alkyl halides is 3. The van der Waals surface area contributed by atoms with Crippen molar-refractivity contribution in [3.63, 3.8) is 0 Å². The summed E-state index contributed by atoms with van der Waals surface area (Å²) in [6.07, 6.45) is 4.35. The second-order valence-corrected chi connectivity index (χ2v) is 9.64. The fourth-order valence-corrected chi connectivity index (χ4v) is 5.52. The van der Waals surface area contributed by atoms with Gasteiger partial charge in [-0.1, -0.05) is 6.07 Å². The predicted octanol–water partition coefficient (Wildman–Crippen LogP) is 4.11. The molecular weight excluding hydrogens is 421 g/mol. The average molecular weight is 451 g/mol. The molecule has 1 saturated carbocycles. The van der Waals surface area contributed by atoms with Crippen molar-refractivity contribution in [1.29, 1.82) is 0 Å². The minimum Gasteiger partial charge on any atom is -0.324 e. The Morgan fingerprint density at radius 2 is 1.94 bits per heavy atom.